The van der Waals surface area contributed by atoms with Gasteiger partial charge in [0.15, 0.2) is 12.7 Å². The lowest BCUT2D eigenvalue weighted by atomic mass is 10.5. The molecule has 0 amide bonds. The maximum atomic E-state index is 4.58. The summed E-state index contributed by atoms with van der Waals surface area (Å²) < 4.78 is 17.6. The van der Waals surface area contributed by atoms with E-state index in [1.54, 1.807) is 166 Å². The Bertz CT molecular complexity index is 2270. The number of pyridine rings is 1. The Morgan fingerprint density at radius 3 is 0.947 bits per heavy atom. The number of aromatic amines is 4. The lowest BCUT2D eigenvalue weighted by Gasteiger charge is -1.70. The zero-order valence-corrected chi connectivity index (χ0v) is 47.0. The summed E-state index contributed by atoms with van der Waals surface area (Å²) in [5, 5.41) is 34.3. The zero-order valence-electron chi connectivity index (χ0n) is 46.2. The second-order valence-corrected chi connectivity index (χ2v) is 14.0. The van der Waals surface area contributed by atoms with Crippen LogP contribution in [0, 0.1) is 0 Å². The van der Waals surface area contributed by atoms with Crippen LogP contribution in [0.5, 0.6) is 0 Å². The van der Waals surface area contributed by atoms with Gasteiger partial charge in [-0.3, -0.25) is 25.0 Å². The van der Waals surface area contributed by atoms with Crippen LogP contribution in [0.25, 0.3) is 0 Å². The van der Waals surface area contributed by atoms with E-state index in [0.717, 1.165) is 6.42 Å². The van der Waals surface area contributed by atoms with Crippen LogP contribution in [-0.4, -0.2) is 117 Å². The SMILES string of the molecule is C.C.C.C.C.C.C.C.C1=CN=CC1.c1c[nH]cn1.c1cc[nH]c1.c1cc[nH]c1.c1ccncc1.c1ccnnc1.c1ccnnc1.c1ccoc1.c1ccsc1.c1cn[nH]c1.c1cnccn1.c1cncnc1.c1cncnc1.c1cocn1.c1ncon1.c1nnco1. The fraction of sp³-hybridized carbons (Fsp3) is 0.136. The van der Waals surface area contributed by atoms with E-state index >= 15 is 0 Å². The molecule has 4 N–H and O–H groups in total. The Kier molecular flexibility index (Phi) is 97.8. The molecule has 27 nitrogen and oxygen atoms in total. The third kappa shape index (κ3) is 90.6. The number of oxazole rings is 1. The Balaban J connectivity index is -0.000000139. The topological polar surface area (TPSA) is 360 Å². The first-order valence-corrected chi connectivity index (χ1v) is 25.7. The fourth-order valence-electron chi connectivity index (χ4n) is 3.77. The monoisotopic (exact) mass is 1310 g/mol. The first-order chi connectivity index (χ1) is 43.0. The summed E-state index contributed by atoms with van der Waals surface area (Å²) >= 11 is 1.71. The van der Waals surface area contributed by atoms with Gasteiger partial charge in [0.25, 0.3) is 0 Å². The number of thiophene rings is 1. The molecular formula is C66H95N23O4S. The molecule has 16 heterocycles. The van der Waals surface area contributed by atoms with Crippen molar-refractivity contribution in [3.63, 3.8) is 0 Å². The van der Waals surface area contributed by atoms with Gasteiger partial charge in [0.2, 0.25) is 19.2 Å². The number of hydrogen-bond acceptors (Lipinski definition) is 24. The number of rotatable bonds is 0. The summed E-state index contributed by atoms with van der Waals surface area (Å²) in [6.07, 6.45) is 62.0. The summed E-state index contributed by atoms with van der Waals surface area (Å²) in [5.41, 5.74) is 0. The summed E-state index contributed by atoms with van der Waals surface area (Å²) in [4.78, 5) is 48.8. The largest absolute Gasteiger partial charge is 0.473 e. The van der Waals surface area contributed by atoms with Crippen molar-refractivity contribution < 1.29 is 17.8 Å². The minimum Gasteiger partial charge on any atom is -0.473 e. The van der Waals surface area contributed by atoms with Gasteiger partial charge in [0, 0.05) is 155 Å². The van der Waals surface area contributed by atoms with E-state index in [2.05, 4.69) is 134 Å². The van der Waals surface area contributed by atoms with Gasteiger partial charge in [-0.15, -0.1) is 10.2 Å². The summed E-state index contributed by atoms with van der Waals surface area (Å²) in [7, 11) is 0. The van der Waals surface area contributed by atoms with E-state index in [4.69, 9.17) is 0 Å². The molecule has 1 aliphatic heterocycles. The Labute approximate surface area is 558 Å². The summed E-state index contributed by atoms with van der Waals surface area (Å²) in [6.45, 7) is 0. The number of aromatic nitrogens is 22. The molecule has 0 aromatic carbocycles. The molecule has 15 aromatic heterocycles. The standard InChI is InChI=1S/C5H5N.5C4H4N2.3C4H5N.C4H4O.C4H4S.2C3H4N2.C3H3NO.2C2H2N2O.8CH4/c1-2-4-6-5-3-1;1-2-6-4-3-5-1;2*1-2-5-4-6-3-1;2*1-2-4-6-5-3-1;5*1-2-4-5-3-1;1-2-5-3-4-1;1-2-4-5-3-1;1-2-5-3-4-1;1-3-4-2-5-1;1-3-2-5-4-1;;;;;;;;/h1-5H;5*1-4H;1,3-4H,2H2;2*1-5H;2*1-4H;2*1-3H,(H,4,5);1-3H;2*1-2H;8*1H4. The maximum Gasteiger partial charge on any atom is 0.213 e. The van der Waals surface area contributed by atoms with E-state index in [1.165, 1.54) is 50.8 Å². The minimum atomic E-state index is 0. The number of nitrogens with zero attached hydrogens (tertiary/aromatic N) is 19. The van der Waals surface area contributed by atoms with Gasteiger partial charge in [0.05, 0.1) is 25.1 Å². The maximum absolute atomic E-state index is 4.58. The van der Waals surface area contributed by atoms with Crippen LogP contribution in [0.3, 0.4) is 0 Å². The molecule has 16 rings (SSSR count). The predicted octanol–water partition coefficient (Wildman–Crippen LogP) is 16.2. The van der Waals surface area contributed by atoms with Crippen molar-refractivity contribution in [1.29, 1.82) is 0 Å². The van der Waals surface area contributed by atoms with Crippen molar-refractivity contribution >= 4 is 17.6 Å². The number of furan rings is 1. The number of aliphatic imine (C=N–C) groups is 1. The highest BCUT2D eigenvalue weighted by atomic mass is 32.1. The number of H-pyrrole nitrogens is 4. The van der Waals surface area contributed by atoms with Crippen LogP contribution in [0.1, 0.15) is 65.8 Å². The third-order valence-corrected chi connectivity index (χ3v) is 7.70. The molecule has 94 heavy (non-hydrogen) atoms. The number of allylic oxidation sites excluding steroid dienone is 1. The van der Waals surface area contributed by atoms with Crippen molar-refractivity contribution in [3.05, 3.63) is 344 Å². The van der Waals surface area contributed by atoms with E-state index in [9.17, 15) is 0 Å². The molecule has 0 saturated heterocycles. The molecule has 0 atom stereocenters. The van der Waals surface area contributed by atoms with Crippen molar-refractivity contribution in [2.45, 2.75) is 65.8 Å². The summed E-state index contributed by atoms with van der Waals surface area (Å²) in [6, 6.07) is 33.9. The van der Waals surface area contributed by atoms with Gasteiger partial charge in [-0.25, -0.2) is 34.9 Å². The molecule has 0 spiro atoms. The molecule has 504 valence electrons. The zero-order chi connectivity index (χ0) is 60.8. The van der Waals surface area contributed by atoms with Crippen LogP contribution in [-0.2, 0) is 0 Å². The highest BCUT2D eigenvalue weighted by molar-refractivity contribution is 7.07. The molecule has 1 aliphatic rings. The van der Waals surface area contributed by atoms with Crippen LogP contribution in [0.4, 0.5) is 0 Å². The van der Waals surface area contributed by atoms with Gasteiger partial charge in [-0.1, -0.05) is 88.8 Å². The van der Waals surface area contributed by atoms with Gasteiger partial charge < -0.3 is 32.7 Å². The van der Waals surface area contributed by atoms with E-state index in [0.29, 0.717) is 0 Å². The van der Waals surface area contributed by atoms with Crippen LogP contribution in [0.15, 0.2) is 367 Å². The average molecular weight is 1310 g/mol. The molecule has 28 heteroatoms. The molecule has 0 bridgehead atoms. The van der Waals surface area contributed by atoms with Gasteiger partial charge in [-0.2, -0.15) is 36.8 Å². The normalized spacial score (nSPS) is 7.83. The van der Waals surface area contributed by atoms with Crippen molar-refractivity contribution in [3.8, 4) is 0 Å². The highest BCUT2D eigenvalue weighted by Gasteiger charge is 1.73. The lowest BCUT2D eigenvalue weighted by Crippen LogP contribution is -1.69. The van der Waals surface area contributed by atoms with Crippen molar-refractivity contribution in [1.82, 2.24) is 111 Å². The molecule has 0 fully saturated rings. The quantitative estimate of drug-likeness (QED) is 0.110. The average Bonchev–Trinajstić information content (AvgIpc) is 4.45. The number of nitrogens with one attached hydrogen (secondary N) is 4. The highest BCUT2D eigenvalue weighted by Crippen LogP contribution is 1.91. The van der Waals surface area contributed by atoms with Crippen molar-refractivity contribution in [2.24, 2.45) is 4.99 Å². The van der Waals surface area contributed by atoms with Crippen LogP contribution < -0.4 is 0 Å². The number of imidazole rings is 1. The fourth-order valence-corrected chi connectivity index (χ4v) is 4.22. The molecule has 0 saturated carbocycles. The van der Waals surface area contributed by atoms with Gasteiger partial charge >= 0.3 is 0 Å². The third-order valence-electron chi connectivity index (χ3n) is 7.07. The molecule has 0 radical (unpaired) electrons. The Morgan fingerprint density at radius 2 is 0.809 bits per heavy atom. The number of hydrogen-bond donors (Lipinski definition) is 4. The summed E-state index contributed by atoms with van der Waals surface area (Å²) in [5.74, 6) is 0. The predicted molar refractivity (Wildman–Crippen MR) is 377 cm³/mol. The van der Waals surface area contributed by atoms with Gasteiger partial charge in [-0.05, 0) is 102 Å². The van der Waals surface area contributed by atoms with Gasteiger partial charge in [0.1, 0.15) is 18.9 Å². The van der Waals surface area contributed by atoms with E-state index < -0.39 is 0 Å². The van der Waals surface area contributed by atoms with E-state index in [-0.39, 0.29) is 59.4 Å². The van der Waals surface area contributed by atoms with Crippen molar-refractivity contribution in [2.75, 3.05) is 0 Å². The Hall–Kier alpha value is -12.6. The second-order valence-electron chi connectivity index (χ2n) is 13.2. The molecule has 0 aliphatic carbocycles. The molecule has 15 aromatic rings. The molecule has 0 unspecified atom stereocenters. The minimum absolute atomic E-state index is 0. The first kappa shape index (κ1) is 97.7. The first-order valence-electron chi connectivity index (χ1n) is 24.7. The Morgan fingerprint density at radius 1 is 0.309 bits per heavy atom. The molecular weight excluding hydrogens is 1210 g/mol. The van der Waals surface area contributed by atoms with Crippen LogP contribution in [0.2, 0.25) is 0 Å². The van der Waals surface area contributed by atoms with E-state index in [1.807, 2.05) is 145 Å². The second kappa shape index (κ2) is 94.1. The van der Waals surface area contributed by atoms with Crippen LogP contribution >= 0.6 is 11.3 Å². The lowest BCUT2D eigenvalue weighted by molar-refractivity contribution is 0.416. The smallest absolute Gasteiger partial charge is 0.213 e.